The second-order valence-electron chi connectivity index (χ2n) is 7.95. The quantitative estimate of drug-likeness (QED) is 0.779. The first-order valence-electron chi connectivity index (χ1n) is 10.8. The van der Waals surface area contributed by atoms with Gasteiger partial charge in [-0.15, -0.1) is 0 Å². The highest BCUT2D eigenvalue weighted by molar-refractivity contribution is 6.04. The standard InChI is InChI=1S/C24H32N4O2/c1-5-25-19-8-11-27(12-9-19)20-14-17(2)24-26-21(10-13-28(24)16-20)18-6-7-22(29-3)23(15-18)30-4/h6-7,10,14-16,19,25H,5,8-9,11-13H2,1-4H3. The van der Waals surface area contributed by atoms with Crippen LogP contribution in [0.15, 0.2) is 52.8 Å². The lowest BCUT2D eigenvalue weighted by Crippen LogP contribution is -2.43. The van der Waals surface area contributed by atoms with Crippen LogP contribution in [0.4, 0.5) is 0 Å². The van der Waals surface area contributed by atoms with Crippen LogP contribution in [0.2, 0.25) is 0 Å². The number of allylic oxidation sites excluding steroid dienone is 1. The molecule has 0 unspecified atom stereocenters. The van der Waals surface area contributed by atoms with E-state index in [9.17, 15) is 0 Å². The highest BCUT2D eigenvalue weighted by Gasteiger charge is 2.25. The van der Waals surface area contributed by atoms with E-state index in [0.717, 1.165) is 54.8 Å². The van der Waals surface area contributed by atoms with Crippen LogP contribution in [-0.2, 0) is 0 Å². The van der Waals surface area contributed by atoms with Crippen molar-refractivity contribution in [3.63, 3.8) is 0 Å². The largest absolute Gasteiger partial charge is 0.493 e. The lowest BCUT2D eigenvalue weighted by Gasteiger charge is -2.38. The number of piperidine rings is 1. The molecular formula is C24H32N4O2. The predicted molar refractivity (Wildman–Crippen MR) is 122 cm³/mol. The maximum absolute atomic E-state index is 5.46. The van der Waals surface area contributed by atoms with Crippen molar-refractivity contribution in [3.05, 3.63) is 53.4 Å². The number of hydrogen-bond donors (Lipinski definition) is 1. The average molecular weight is 409 g/mol. The molecule has 3 aliphatic heterocycles. The zero-order chi connectivity index (χ0) is 21.1. The Morgan fingerprint density at radius 1 is 1.13 bits per heavy atom. The summed E-state index contributed by atoms with van der Waals surface area (Å²) in [5, 5.41) is 3.58. The molecular weight excluding hydrogens is 376 g/mol. The molecule has 30 heavy (non-hydrogen) atoms. The fourth-order valence-electron chi connectivity index (χ4n) is 4.39. The Morgan fingerprint density at radius 3 is 2.60 bits per heavy atom. The molecule has 1 N–H and O–H groups in total. The van der Waals surface area contributed by atoms with Crippen molar-refractivity contribution in [2.45, 2.75) is 32.7 Å². The van der Waals surface area contributed by atoms with Crippen LogP contribution in [0.3, 0.4) is 0 Å². The van der Waals surface area contributed by atoms with Gasteiger partial charge in [0, 0.05) is 37.4 Å². The molecule has 0 aromatic heterocycles. The molecule has 0 atom stereocenters. The Labute approximate surface area is 179 Å². The van der Waals surface area contributed by atoms with E-state index < -0.39 is 0 Å². The van der Waals surface area contributed by atoms with E-state index in [1.165, 1.54) is 24.1 Å². The summed E-state index contributed by atoms with van der Waals surface area (Å²) < 4.78 is 10.8. The van der Waals surface area contributed by atoms with Gasteiger partial charge in [-0.25, -0.2) is 4.99 Å². The first-order valence-corrected chi connectivity index (χ1v) is 10.8. The number of hydrogen-bond acceptors (Lipinski definition) is 6. The maximum Gasteiger partial charge on any atom is 0.161 e. The van der Waals surface area contributed by atoms with Crippen molar-refractivity contribution in [3.8, 4) is 11.5 Å². The molecule has 1 aromatic rings. The van der Waals surface area contributed by atoms with E-state index in [0.29, 0.717) is 6.04 Å². The fraction of sp³-hybridized carbons (Fsp3) is 0.458. The molecule has 160 valence electrons. The summed E-state index contributed by atoms with van der Waals surface area (Å²) >= 11 is 0. The lowest BCUT2D eigenvalue weighted by molar-refractivity contribution is 0.246. The Hall–Kier alpha value is -2.73. The highest BCUT2D eigenvalue weighted by atomic mass is 16.5. The number of aliphatic imine (C=N–C) groups is 1. The summed E-state index contributed by atoms with van der Waals surface area (Å²) in [5.41, 5.74) is 4.50. The van der Waals surface area contributed by atoms with Crippen LogP contribution < -0.4 is 14.8 Å². The summed E-state index contributed by atoms with van der Waals surface area (Å²) in [4.78, 5) is 9.72. The van der Waals surface area contributed by atoms with Crippen LogP contribution >= 0.6 is 0 Å². The number of likely N-dealkylation sites (tertiary alicyclic amines) is 1. The highest BCUT2D eigenvalue weighted by Crippen LogP contribution is 2.33. The average Bonchev–Trinajstić information content (AvgIpc) is 2.79. The molecule has 0 radical (unpaired) electrons. The monoisotopic (exact) mass is 408 g/mol. The van der Waals surface area contributed by atoms with E-state index in [2.05, 4.69) is 47.3 Å². The number of methoxy groups -OCH3 is 2. The van der Waals surface area contributed by atoms with Gasteiger partial charge >= 0.3 is 0 Å². The first-order chi connectivity index (χ1) is 14.6. The topological polar surface area (TPSA) is 49.3 Å². The Bertz CT molecular complexity index is 908. The van der Waals surface area contributed by atoms with Crippen LogP contribution in [0.25, 0.3) is 5.70 Å². The van der Waals surface area contributed by atoms with Gasteiger partial charge in [0.1, 0.15) is 5.84 Å². The summed E-state index contributed by atoms with van der Waals surface area (Å²) in [5.74, 6) is 2.47. The molecule has 3 aliphatic rings. The molecule has 1 fully saturated rings. The summed E-state index contributed by atoms with van der Waals surface area (Å²) in [7, 11) is 3.31. The van der Waals surface area contributed by atoms with E-state index in [4.69, 9.17) is 14.5 Å². The van der Waals surface area contributed by atoms with Gasteiger partial charge in [0.15, 0.2) is 11.5 Å². The smallest absolute Gasteiger partial charge is 0.161 e. The molecule has 3 heterocycles. The summed E-state index contributed by atoms with van der Waals surface area (Å²) in [6.07, 6.45) is 9.10. The van der Waals surface area contributed by atoms with Gasteiger partial charge in [-0.1, -0.05) is 6.92 Å². The van der Waals surface area contributed by atoms with Gasteiger partial charge in [-0.3, -0.25) is 0 Å². The zero-order valence-corrected chi connectivity index (χ0v) is 18.4. The van der Waals surface area contributed by atoms with E-state index >= 15 is 0 Å². The van der Waals surface area contributed by atoms with E-state index in [1.807, 2.05) is 18.2 Å². The van der Waals surface area contributed by atoms with Crippen molar-refractivity contribution in [1.29, 1.82) is 0 Å². The summed E-state index contributed by atoms with van der Waals surface area (Å²) in [6, 6.07) is 6.60. The van der Waals surface area contributed by atoms with Gasteiger partial charge in [0.05, 0.1) is 25.6 Å². The molecule has 0 saturated carbocycles. The molecule has 0 bridgehead atoms. The molecule has 0 spiro atoms. The fourth-order valence-corrected chi connectivity index (χ4v) is 4.39. The van der Waals surface area contributed by atoms with Crippen molar-refractivity contribution >= 4 is 11.5 Å². The third-order valence-corrected chi connectivity index (χ3v) is 6.02. The SMILES string of the molecule is CCNC1CCN(C2=CN3CC=C(c4ccc(OC)c(OC)c4)N=C3C(C)=C2)CC1. The van der Waals surface area contributed by atoms with Gasteiger partial charge in [0.2, 0.25) is 0 Å². The van der Waals surface area contributed by atoms with Crippen LogP contribution in [0.5, 0.6) is 11.5 Å². The van der Waals surface area contributed by atoms with Crippen LogP contribution in [0, 0.1) is 0 Å². The molecule has 0 aliphatic carbocycles. The van der Waals surface area contributed by atoms with Crippen LogP contribution in [-0.4, -0.2) is 62.1 Å². The van der Waals surface area contributed by atoms with Gasteiger partial charge < -0.3 is 24.6 Å². The minimum Gasteiger partial charge on any atom is -0.493 e. The Kier molecular flexibility index (Phi) is 6.13. The lowest BCUT2D eigenvalue weighted by atomic mass is 10.0. The van der Waals surface area contributed by atoms with E-state index in [1.54, 1.807) is 14.2 Å². The zero-order valence-electron chi connectivity index (χ0n) is 18.4. The second kappa shape index (κ2) is 8.96. The number of benzene rings is 1. The third-order valence-electron chi connectivity index (χ3n) is 6.02. The van der Waals surface area contributed by atoms with Crippen molar-refractivity contribution < 1.29 is 9.47 Å². The minimum absolute atomic E-state index is 0.652. The molecule has 4 rings (SSSR count). The Morgan fingerprint density at radius 2 is 1.90 bits per heavy atom. The van der Waals surface area contributed by atoms with Crippen molar-refractivity contribution in [1.82, 2.24) is 15.1 Å². The molecule has 1 aromatic carbocycles. The van der Waals surface area contributed by atoms with Gasteiger partial charge in [0.25, 0.3) is 0 Å². The van der Waals surface area contributed by atoms with Crippen molar-refractivity contribution in [2.24, 2.45) is 4.99 Å². The number of nitrogens with zero attached hydrogens (tertiary/aromatic N) is 3. The maximum atomic E-state index is 5.46. The normalized spacial score (nSPS) is 19.5. The molecule has 6 heteroatoms. The van der Waals surface area contributed by atoms with Crippen LogP contribution in [0.1, 0.15) is 32.3 Å². The number of amidine groups is 1. The van der Waals surface area contributed by atoms with Gasteiger partial charge in [-0.05, 0) is 62.2 Å². The number of ether oxygens (including phenoxy) is 2. The molecule has 6 nitrogen and oxygen atoms in total. The molecule has 1 saturated heterocycles. The predicted octanol–water partition coefficient (Wildman–Crippen LogP) is 3.63. The van der Waals surface area contributed by atoms with E-state index in [-0.39, 0.29) is 0 Å². The number of rotatable bonds is 6. The number of nitrogens with one attached hydrogen (secondary N) is 1. The van der Waals surface area contributed by atoms with Crippen molar-refractivity contribution in [2.75, 3.05) is 40.4 Å². The minimum atomic E-state index is 0.652. The summed E-state index contributed by atoms with van der Waals surface area (Å²) in [6.45, 7) is 8.39. The number of fused-ring (bicyclic) bond motifs is 1. The Balaban J connectivity index is 1.50. The first kappa shape index (κ1) is 20.5. The van der Waals surface area contributed by atoms with Gasteiger partial charge in [-0.2, -0.15) is 0 Å². The molecule has 0 amide bonds. The second-order valence-corrected chi connectivity index (χ2v) is 7.95. The third kappa shape index (κ3) is 4.10.